The van der Waals surface area contributed by atoms with Crippen LogP contribution in [0.25, 0.3) is 10.4 Å². The maximum atomic E-state index is 13.6. The Hall–Kier alpha value is -3.15. The van der Waals surface area contributed by atoms with Crippen molar-refractivity contribution in [1.29, 1.82) is 0 Å². The predicted octanol–water partition coefficient (Wildman–Crippen LogP) is 2.24. The number of imidazole rings is 1. The zero-order valence-electron chi connectivity index (χ0n) is 20.8. The van der Waals surface area contributed by atoms with Crippen molar-refractivity contribution in [3.8, 4) is 10.4 Å². The van der Waals surface area contributed by atoms with Crippen LogP contribution < -0.4 is 5.32 Å². The van der Waals surface area contributed by atoms with E-state index in [1.54, 1.807) is 10.9 Å². The predicted molar refractivity (Wildman–Crippen MR) is 135 cm³/mol. The maximum absolute atomic E-state index is 13.6. The minimum Gasteiger partial charge on any atom is -0.391 e. The van der Waals surface area contributed by atoms with E-state index in [0.29, 0.717) is 5.69 Å². The molecule has 0 radical (unpaired) electrons. The van der Waals surface area contributed by atoms with Gasteiger partial charge < -0.3 is 25.0 Å². The van der Waals surface area contributed by atoms with Crippen molar-refractivity contribution >= 4 is 23.3 Å². The van der Waals surface area contributed by atoms with E-state index < -0.39 is 18.2 Å². The molecule has 2 amide bonds. The third-order valence-corrected chi connectivity index (χ3v) is 7.36. The van der Waals surface area contributed by atoms with Gasteiger partial charge in [0.15, 0.2) is 0 Å². The molecule has 11 heteroatoms. The van der Waals surface area contributed by atoms with Crippen LogP contribution >= 0.6 is 11.5 Å². The van der Waals surface area contributed by atoms with Crippen LogP contribution in [0.2, 0.25) is 0 Å². The second kappa shape index (κ2) is 10.9. The lowest BCUT2D eigenvalue weighted by Crippen LogP contribution is -2.49. The zero-order valence-corrected chi connectivity index (χ0v) is 21.6. The monoisotopic (exact) mass is 512 g/mol. The van der Waals surface area contributed by atoms with Crippen molar-refractivity contribution in [1.82, 2.24) is 29.4 Å². The van der Waals surface area contributed by atoms with Gasteiger partial charge in [-0.2, -0.15) is 0 Å². The quantitative estimate of drug-likeness (QED) is 0.421. The minimum absolute atomic E-state index is 0.0231. The molecule has 3 heterocycles. The highest BCUT2D eigenvalue weighted by atomic mass is 32.1. The average molecular weight is 513 g/mol. The molecule has 36 heavy (non-hydrogen) atoms. The van der Waals surface area contributed by atoms with Gasteiger partial charge in [0, 0.05) is 19.2 Å². The number of likely N-dealkylation sites (tertiary alicyclic amines) is 1. The van der Waals surface area contributed by atoms with Crippen LogP contribution in [-0.2, 0) is 16.2 Å². The van der Waals surface area contributed by atoms with Gasteiger partial charge in [-0.3, -0.25) is 9.59 Å². The Labute approximate surface area is 214 Å². The van der Waals surface area contributed by atoms with Crippen molar-refractivity contribution in [2.45, 2.75) is 65.0 Å². The number of benzene rings is 1. The van der Waals surface area contributed by atoms with E-state index in [1.807, 2.05) is 58.2 Å². The smallest absolute Gasteiger partial charge is 0.246 e. The Morgan fingerprint density at radius 3 is 2.56 bits per heavy atom. The van der Waals surface area contributed by atoms with Gasteiger partial charge in [0.05, 0.1) is 35.7 Å². The standard InChI is InChI=1S/C25H32N6O4S/c1-14(2)22(30-10-15(3)26-13-30)25(35)31-11-19(33)9-21(31)24(34)27-16(4)17-5-7-18(8-6-17)23-20(12-32)28-29-36-23/h5-8,10,13-14,16,19,21-22,32-33H,9,11-12H2,1-4H3,(H,27,34)/t16-,19?,21?,22-/m0/s1. The van der Waals surface area contributed by atoms with Crippen LogP contribution in [0.4, 0.5) is 0 Å². The second-order valence-electron chi connectivity index (χ2n) is 9.61. The van der Waals surface area contributed by atoms with Gasteiger partial charge in [0.1, 0.15) is 17.8 Å². The van der Waals surface area contributed by atoms with Crippen LogP contribution in [0.3, 0.4) is 0 Å². The van der Waals surface area contributed by atoms with Gasteiger partial charge in [-0.25, -0.2) is 4.98 Å². The molecule has 1 aliphatic heterocycles. The number of aliphatic hydroxyl groups excluding tert-OH is 2. The largest absolute Gasteiger partial charge is 0.391 e. The van der Waals surface area contributed by atoms with E-state index in [4.69, 9.17) is 0 Å². The third kappa shape index (κ3) is 5.32. The molecule has 4 atom stereocenters. The summed E-state index contributed by atoms with van der Waals surface area (Å²) in [5.74, 6) is -0.519. The summed E-state index contributed by atoms with van der Waals surface area (Å²) in [7, 11) is 0. The Morgan fingerprint density at radius 2 is 1.94 bits per heavy atom. The number of nitrogens with one attached hydrogen (secondary N) is 1. The van der Waals surface area contributed by atoms with Gasteiger partial charge in [-0.05, 0) is 42.4 Å². The number of aryl methyl sites for hydroxylation is 1. The Morgan fingerprint density at radius 1 is 1.22 bits per heavy atom. The lowest BCUT2D eigenvalue weighted by Gasteiger charge is -2.31. The summed E-state index contributed by atoms with van der Waals surface area (Å²) in [6.07, 6.45) is 2.89. The number of aliphatic hydroxyl groups is 2. The molecule has 3 N–H and O–H groups in total. The topological polar surface area (TPSA) is 133 Å². The van der Waals surface area contributed by atoms with Crippen LogP contribution in [0, 0.1) is 12.8 Å². The number of nitrogens with zero attached hydrogens (tertiary/aromatic N) is 5. The first-order valence-corrected chi connectivity index (χ1v) is 12.8. The van der Waals surface area contributed by atoms with Gasteiger partial charge >= 0.3 is 0 Å². The number of β-amino-alcohol motifs (C(OH)–C–C–N with tert-alkyl or cyclic N) is 1. The summed E-state index contributed by atoms with van der Waals surface area (Å²) in [6.45, 7) is 7.59. The molecular formula is C25H32N6O4S. The van der Waals surface area contributed by atoms with Crippen molar-refractivity contribution in [2.75, 3.05) is 6.54 Å². The number of hydrogen-bond donors (Lipinski definition) is 3. The lowest BCUT2D eigenvalue weighted by molar-refractivity contribution is -0.142. The zero-order chi connectivity index (χ0) is 26.0. The third-order valence-electron chi connectivity index (χ3n) is 6.54. The van der Waals surface area contributed by atoms with Crippen LogP contribution in [0.15, 0.2) is 36.8 Å². The summed E-state index contributed by atoms with van der Waals surface area (Å²) in [5, 5.41) is 26.7. The molecule has 3 aromatic rings. The van der Waals surface area contributed by atoms with Crippen molar-refractivity contribution in [2.24, 2.45) is 5.92 Å². The number of carbonyl (C=O) groups excluding carboxylic acids is 2. The molecule has 2 aromatic heterocycles. The molecule has 1 fully saturated rings. The van der Waals surface area contributed by atoms with E-state index in [0.717, 1.165) is 21.7 Å². The highest BCUT2D eigenvalue weighted by Gasteiger charge is 2.42. The van der Waals surface area contributed by atoms with E-state index in [2.05, 4.69) is 19.9 Å². The van der Waals surface area contributed by atoms with Crippen molar-refractivity contribution in [3.63, 3.8) is 0 Å². The molecule has 4 rings (SSSR count). The fraction of sp³-hybridized carbons (Fsp3) is 0.480. The Kier molecular flexibility index (Phi) is 7.82. The van der Waals surface area contributed by atoms with E-state index in [-0.39, 0.29) is 43.3 Å². The highest BCUT2D eigenvalue weighted by molar-refractivity contribution is 7.09. The number of carbonyl (C=O) groups is 2. The molecule has 0 spiro atoms. The summed E-state index contributed by atoms with van der Waals surface area (Å²) in [5.41, 5.74) is 3.12. The van der Waals surface area contributed by atoms with Gasteiger partial charge in [0.25, 0.3) is 0 Å². The maximum Gasteiger partial charge on any atom is 0.246 e. The first-order chi connectivity index (χ1) is 17.2. The minimum atomic E-state index is -0.759. The molecule has 0 aliphatic carbocycles. The van der Waals surface area contributed by atoms with Gasteiger partial charge in [0.2, 0.25) is 11.8 Å². The molecule has 0 bridgehead atoms. The number of amides is 2. The van der Waals surface area contributed by atoms with Crippen molar-refractivity contribution < 1.29 is 19.8 Å². The van der Waals surface area contributed by atoms with Crippen LogP contribution in [-0.4, -0.2) is 64.8 Å². The summed E-state index contributed by atoms with van der Waals surface area (Å²) in [6, 6.07) is 6.05. The fourth-order valence-electron chi connectivity index (χ4n) is 4.67. The average Bonchev–Trinajstić information content (AvgIpc) is 3.58. The molecule has 1 saturated heterocycles. The van der Waals surface area contributed by atoms with E-state index >= 15 is 0 Å². The summed E-state index contributed by atoms with van der Waals surface area (Å²) < 4.78 is 5.68. The van der Waals surface area contributed by atoms with E-state index in [1.165, 1.54) is 16.4 Å². The molecule has 0 saturated carbocycles. The van der Waals surface area contributed by atoms with E-state index in [9.17, 15) is 19.8 Å². The summed E-state index contributed by atoms with van der Waals surface area (Å²) >= 11 is 1.22. The van der Waals surface area contributed by atoms with Crippen LogP contribution in [0.1, 0.15) is 56.2 Å². The molecule has 192 valence electrons. The number of aromatic nitrogens is 4. The van der Waals surface area contributed by atoms with Gasteiger partial charge in [-0.1, -0.05) is 42.6 Å². The normalized spacial score (nSPS) is 19.5. The fourth-order valence-corrected chi connectivity index (χ4v) is 5.35. The highest BCUT2D eigenvalue weighted by Crippen LogP contribution is 2.29. The Balaban J connectivity index is 1.47. The molecule has 10 nitrogen and oxygen atoms in total. The Bertz CT molecular complexity index is 1210. The van der Waals surface area contributed by atoms with Gasteiger partial charge in [-0.15, -0.1) is 5.10 Å². The number of rotatable bonds is 8. The molecule has 1 aliphatic rings. The van der Waals surface area contributed by atoms with Crippen molar-refractivity contribution in [3.05, 3.63) is 53.7 Å². The molecule has 2 unspecified atom stereocenters. The molecule has 1 aromatic carbocycles. The number of hydrogen-bond acceptors (Lipinski definition) is 8. The lowest BCUT2D eigenvalue weighted by atomic mass is 10.0. The molecular weight excluding hydrogens is 480 g/mol. The first kappa shape index (κ1) is 25.9. The second-order valence-corrected chi connectivity index (χ2v) is 10.4. The SMILES string of the molecule is Cc1cn([C@H](C(=O)N2CC(O)CC2C(=O)N[C@@H](C)c2ccc(-c3snnc3CO)cc2)C(C)C)cn1. The van der Waals surface area contributed by atoms with Crippen LogP contribution in [0.5, 0.6) is 0 Å². The first-order valence-electron chi connectivity index (χ1n) is 12.0. The summed E-state index contributed by atoms with van der Waals surface area (Å²) in [4.78, 5) is 33.4.